The van der Waals surface area contributed by atoms with Gasteiger partial charge in [0.1, 0.15) is 4.62 Å². The first kappa shape index (κ1) is 11.4. The molecule has 2 nitrogen and oxygen atoms in total. The standard InChI is InChI=1S/C10H7BrF3NO/c11-9-5-8(16-15-9)6-2-1-3-7(4-6)10(12,13)14/h1-4,8H,5H2. The summed E-state index contributed by atoms with van der Waals surface area (Å²) in [6, 6.07) is 5.09. The van der Waals surface area contributed by atoms with Gasteiger partial charge in [0, 0.05) is 6.42 Å². The Morgan fingerprint density at radius 3 is 2.69 bits per heavy atom. The third-order valence-corrected chi connectivity index (χ3v) is 2.69. The molecule has 2 rings (SSSR count). The van der Waals surface area contributed by atoms with Crippen molar-refractivity contribution >= 4 is 20.6 Å². The van der Waals surface area contributed by atoms with E-state index in [9.17, 15) is 13.2 Å². The molecule has 0 saturated carbocycles. The summed E-state index contributed by atoms with van der Waals surface area (Å²) >= 11 is 3.14. The second-order valence-corrected chi connectivity index (χ2v) is 4.30. The van der Waals surface area contributed by atoms with Gasteiger partial charge in [-0.3, -0.25) is 0 Å². The van der Waals surface area contributed by atoms with Crippen LogP contribution in [0.1, 0.15) is 23.7 Å². The van der Waals surface area contributed by atoms with Crippen LogP contribution in [0.5, 0.6) is 0 Å². The van der Waals surface area contributed by atoms with Crippen molar-refractivity contribution in [2.45, 2.75) is 18.7 Å². The van der Waals surface area contributed by atoms with Gasteiger partial charge in [-0.2, -0.15) is 13.2 Å². The molecule has 6 heteroatoms. The first-order valence-electron chi connectivity index (χ1n) is 4.52. The van der Waals surface area contributed by atoms with E-state index < -0.39 is 17.8 Å². The lowest BCUT2D eigenvalue weighted by molar-refractivity contribution is -0.137. The van der Waals surface area contributed by atoms with Crippen LogP contribution in [-0.4, -0.2) is 4.62 Å². The van der Waals surface area contributed by atoms with Crippen molar-refractivity contribution in [1.29, 1.82) is 0 Å². The summed E-state index contributed by atoms with van der Waals surface area (Å²) in [6.07, 6.45) is -4.30. The van der Waals surface area contributed by atoms with Crippen molar-refractivity contribution in [1.82, 2.24) is 0 Å². The fourth-order valence-electron chi connectivity index (χ4n) is 1.44. The Hall–Kier alpha value is -1.04. The molecule has 0 radical (unpaired) electrons. The third kappa shape index (κ3) is 2.37. The lowest BCUT2D eigenvalue weighted by Gasteiger charge is -2.11. The first-order chi connectivity index (χ1) is 7.47. The fraction of sp³-hybridized carbons (Fsp3) is 0.300. The molecule has 1 unspecified atom stereocenters. The van der Waals surface area contributed by atoms with Crippen LogP contribution in [0, 0.1) is 0 Å². The minimum Gasteiger partial charge on any atom is -0.386 e. The minimum atomic E-state index is -4.33. The number of benzene rings is 1. The lowest BCUT2D eigenvalue weighted by Crippen LogP contribution is -2.06. The molecular weight excluding hydrogens is 287 g/mol. The molecule has 0 spiro atoms. The van der Waals surface area contributed by atoms with Crippen molar-refractivity contribution in [3.8, 4) is 0 Å². The maximum absolute atomic E-state index is 12.5. The molecule has 16 heavy (non-hydrogen) atoms. The van der Waals surface area contributed by atoms with Crippen LogP contribution in [0.25, 0.3) is 0 Å². The van der Waals surface area contributed by atoms with Crippen molar-refractivity contribution < 1.29 is 18.0 Å². The van der Waals surface area contributed by atoms with Crippen LogP contribution in [-0.2, 0) is 11.0 Å². The normalized spacial score (nSPS) is 20.5. The molecule has 1 aliphatic heterocycles. The summed E-state index contributed by atoms with van der Waals surface area (Å²) in [4.78, 5) is 4.99. The Bertz CT molecular complexity index is 430. The Morgan fingerprint density at radius 1 is 1.38 bits per heavy atom. The Kier molecular flexibility index (Phi) is 2.92. The van der Waals surface area contributed by atoms with Crippen molar-refractivity contribution in [3.63, 3.8) is 0 Å². The lowest BCUT2D eigenvalue weighted by atomic mass is 10.0. The van der Waals surface area contributed by atoms with Crippen molar-refractivity contribution in [3.05, 3.63) is 35.4 Å². The van der Waals surface area contributed by atoms with E-state index in [1.165, 1.54) is 6.07 Å². The molecule has 0 amide bonds. The number of nitrogens with zero attached hydrogens (tertiary/aromatic N) is 1. The van der Waals surface area contributed by atoms with Crippen molar-refractivity contribution in [2.75, 3.05) is 0 Å². The van der Waals surface area contributed by atoms with E-state index in [0.717, 1.165) is 12.1 Å². The van der Waals surface area contributed by atoms with Gasteiger partial charge in [0.05, 0.1) is 5.56 Å². The average Bonchev–Trinajstić information content (AvgIpc) is 2.64. The van der Waals surface area contributed by atoms with E-state index >= 15 is 0 Å². The van der Waals surface area contributed by atoms with Gasteiger partial charge in [0.2, 0.25) is 0 Å². The van der Waals surface area contributed by atoms with E-state index in [4.69, 9.17) is 4.84 Å². The van der Waals surface area contributed by atoms with E-state index in [1.807, 2.05) is 0 Å². The van der Waals surface area contributed by atoms with Crippen molar-refractivity contribution in [2.24, 2.45) is 5.16 Å². The topological polar surface area (TPSA) is 21.6 Å². The summed E-state index contributed by atoms with van der Waals surface area (Å²) in [7, 11) is 0. The zero-order chi connectivity index (χ0) is 11.8. The zero-order valence-electron chi connectivity index (χ0n) is 7.96. The maximum atomic E-state index is 12.5. The molecular formula is C10H7BrF3NO. The second kappa shape index (κ2) is 4.08. The van der Waals surface area contributed by atoms with Crippen LogP contribution >= 0.6 is 15.9 Å². The number of oxime groups is 1. The van der Waals surface area contributed by atoms with Crippen LogP contribution in [0.4, 0.5) is 13.2 Å². The summed E-state index contributed by atoms with van der Waals surface area (Å²) < 4.78 is 38.0. The highest BCUT2D eigenvalue weighted by atomic mass is 79.9. The number of alkyl halides is 3. The van der Waals surface area contributed by atoms with Gasteiger partial charge >= 0.3 is 6.18 Å². The molecule has 0 fully saturated rings. The van der Waals surface area contributed by atoms with Gasteiger partial charge in [0.25, 0.3) is 0 Å². The molecule has 1 atom stereocenters. The molecule has 0 aliphatic carbocycles. The predicted molar refractivity (Wildman–Crippen MR) is 56.2 cm³/mol. The van der Waals surface area contributed by atoms with Crippen LogP contribution in [0.15, 0.2) is 29.4 Å². The predicted octanol–water partition coefficient (Wildman–Crippen LogP) is 3.88. The van der Waals surface area contributed by atoms with Gasteiger partial charge in [-0.25, -0.2) is 0 Å². The van der Waals surface area contributed by atoms with E-state index in [0.29, 0.717) is 16.6 Å². The molecule has 0 aromatic heterocycles. The first-order valence-corrected chi connectivity index (χ1v) is 5.31. The third-order valence-electron chi connectivity index (χ3n) is 2.22. The smallest absolute Gasteiger partial charge is 0.386 e. The van der Waals surface area contributed by atoms with Gasteiger partial charge < -0.3 is 4.84 Å². The molecule has 0 bridgehead atoms. The van der Waals surface area contributed by atoms with Gasteiger partial charge in [-0.15, -0.1) is 0 Å². The van der Waals surface area contributed by atoms with Gasteiger partial charge in [0.15, 0.2) is 6.10 Å². The highest BCUT2D eigenvalue weighted by molar-refractivity contribution is 9.18. The van der Waals surface area contributed by atoms with E-state index in [2.05, 4.69) is 21.1 Å². The largest absolute Gasteiger partial charge is 0.416 e. The second-order valence-electron chi connectivity index (χ2n) is 3.39. The highest BCUT2D eigenvalue weighted by Crippen LogP contribution is 2.34. The number of rotatable bonds is 1. The molecule has 0 N–H and O–H groups in total. The molecule has 1 aromatic carbocycles. The number of halogens is 4. The number of hydrogen-bond donors (Lipinski definition) is 0. The van der Waals surface area contributed by atoms with Crippen LogP contribution < -0.4 is 0 Å². The summed E-state index contributed by atoms with van der Waals surface area (Å²) in [5.74, 6) is 0. The molecule has 1 aliphatic rings. The Labute approximate surface area is 98.2 Å². The van der Waals surface area contributed by atoms with E-state index in [-0.39, 0.29) is 0 Å². The zero-order valence-corrected chi connectivity index (χ0v) is 9.55. The summed E-state index contributed by atoms with van der Waals surface area (Å²) in [5.41, 5.74) is -0.190. The Balaban J connectivity index is 2.24. The number of hydrogen-bond acceptors (Lipinski definition) is 2. The maximum Gasteiger partial charge on any atom is 0.416 e. The minimum absolute atomic E-state index is 0.434. The summed E-state index contributed by atoms with van der Waals surface area (Å²) in [6.45, 7) is 0. The quantitative estimate of drug-likeness (QED) is 0.770. The molecule has 86 valence electrons. The summed E-state index contributed by atoms with van der Waals surface area (Å²) in [5, 5.41) is 3.64. The highest BCUT2D eigenvalue weighted by Gasteiger charge is 2.31. The molecule has 0 saturated heterocycles. The fourth-order valence-corrected chi connectivity index (χ4v) is 1.82. The van der Waals surface area contributed by atoms with Gasteiger partial charge in [-0.1, -0.05) is 17.3 Å². The molecule has 1 aromatic rings. The SMILES string of the molecule is FC(F)(F)c1cccc(C2CC(Br)=NO2)c1. The Morgan fingerprint density at radius 2 is 2.12 bits per heavy atom. The van der Waals surface area contributed by atoms with Gasteiger partial charge in [-0.05, 0) is 33.6 Å². The average molecular weight is 294 g/mol. The monoisotopic (exact) mass is 293 g/mol. The molecule has 1 heterocycles. The van der Waals surface area contributed by atoms with Crippen LogP contribution in [0.3, 0.4) is 0 Å². The van der Waals surface area contributed by atoms with Crippen LogP contribution in [0.2, 0.25) is 0 Å². The van der Waals surface area contributed by atoms with E-state index in [1.54, 1.807) is 6.07 Å².